The molecule has 2 aromatic rings. The van der Waals surface area contributed by atoms with E-state index in [4.69, 9.17) is 22.1 Å². The summed E-state index contributed by atoms with van der Waals surface area (Å²) in [7, 11) is 0. The molecule has 1 amide bonds. The smallest absolute Gasteiger partial charge is 0.229 e. The summed E-state index contributed by atoms with van der Waals surface area (Å²) < 4.78 is 5.66. The molecule has 136 valence electrons. The first-order valence-corrected chi connectivity index (χ1v) is 8.44. The van der Waals surface area contributed by atoms with Crippen LogP contribution < -0.4 is 15.8 Å². The molecule has 0 aliphatic rings. The van der Waals surface area contributed by atoms with Gasteiger partial charge < -0.3 is 15.8 Å². The van der Waals surface area contributed by atoms with Crippen LogP contribution >= 0.6 is 24.0 Å². The number of carbonyl (C=O) groups is 1. The number of hydrogen-bond acceptors (Lipinski definition) is 3. The summed E-state index contributed by atoms with van der Waals surface area (Å²) in [5, 5.41) is 3.42. The molecule has 0 saturated heterocycles. The van der Waals surface area contributed by atoms with Gasteiger partial charge in [0.15, 0.2) is 0 Å². The summed E-state index contributed by atoms with van der Waals surface area (Å²) in [5.74, 6) is 0.0375. The largest absolute Gasteiger partial charge is 0.491 e. The van der Waals surface area contributed by atoms with Crippen molar-refractivity contribution < 1.29 is 9.53 Å². The molecule has 2 atom stereocenters. The lowest BCUT2D eigenvalue weighted by atomic mass is 9.94. The van der Waals surface area contributed by atoms with Crippen molar-refractivity contribution in [2.75, 3.05) is 11.9 Å². The van der Waals surface area contributed by atoms with Gasteiger partial charge in [-0.3, -0.25) is 4.79 Å². The molecule has 25 heavy (non-hydrogen) atoms. The molecular formula is C19H24Cl2N2O2. The molecule has 0 fully saturated rings. The fraction of sp³-hybridized carbons (Fsp3) is 0.316. The number of ether oxygens (including phenoxy) is 1. The quantitative estimate of drug-likeness (QED) is 0.720. The van der Waals surface area contributed by atoms with E-state index in [9.17, 15) is 4.79 Å². The van der Waals surface area contributed by atoms with Crippen molar-refractivity contribution in [2.45, 2.75) is 26.3 Å². The standard InChI is InChI=1S/C19H23ClN2O2.ClH/c1-3-11-24-17-10-9-15(20)12-16(17)22-19(23)13(2)18(21)14-7-5-4-6-8-14;/h4-10,12-13,18H,3,11,21H2,1-2H3,(H,22,23);1H. The van der Waals surface area contributed by atoms with E-state index in [0.717, 1.165) is 12.0 Å². The summed E-state index contributed by atoms with van der Waals surface area (Å²) in [6, 6.07) is 14.4. The normalized spacial score (nSPS) is 12.6. The summed E-state index contributed by atoms with van der Waals surface area (Å²) in [5.41, 5.74) is 7.71. The van der Waals surface area contributed by atoms with Crippen LogP contribution in [0, 0.1) is 5.92 Å². The molecule has 4 nitrogen and oxygen atoms in total. The second-order valence-electron chi connectivity index (χ2n) is 5.70. The van der Waals surface area contributed by atoms with Crippen LogP contribution in [0.4, 0.5) is 5.69 Å². The number of nitrogens with two attached hydrogens (primary N) is 1. The first-order chi connectivity index (χ1) is 11.5. The monoisotopic (exact) mass is 382 g/mol. The SMILES string of the molecule is CCCOc1ccc(Cl)cc1NC(=O)C(C)C(N)c1ccccc1.Cl. The predicted octanol–water partition coefficient (Wildman–Crippen LogP) is 4.83. The Bertz CT molecular complexity index is 680. The number of amides is 1. The number of carbonyl (C=O) groups excluding carboxylic acids is 1. The van der Waals surface area contributed by atoms with Gasteiger partial charge in [-0.2, -0.15) is 0 Å². The van der Waals surface area contributed by atoms with E-state index in [1.54, 1.807) is 18.2 Å². The number of hydrogen-bond donors (Lipinski definition) is 2. The van der Waals surface area contributed by atoms with Crippen LogP contribution in [0.25, 0.3) is 0 Å². The van der Waals surface area contributed by atoms with E-state index in [0.29, 0.717) is 23.1 Å². The second kappa shape index (κ2) is 10.3. The minimum Gasteiger partial charge on any atom is -0.491 e. The van der Waals surface area contributed by atoms with E-state index < -0.39 is 5.92 Å². The molecular weight excluding hydrogens is 359 g/mol. The Hall–Kier alpha value is -1.75. The van der Waals surface area contributed by atoms with Crippen LogP contribution in [-0.2, 0) is 4.79 Å². The van der Waals surface area contributed by atoms with Crippen molar-refractivity contribution >= 4 is 35.6 Å². The molecule has 0 spiro atoms. The molecule has 0 heterocycles. The lowest BCUT2D eigenvalue weighted by molar-refractivity contribution is -0.120. The van der Waals surface area contributed by atoms with Gasteiger partial charge in [-0.25, -0.2) is 0 Å². The Morgan fingerprint density at radius 3 is 2.56 bits per heavy atom. The van der Waals surface area contributed by atoms with Crippen LogP contribution in [0.1, 0.15) is 31.9 Å². The van der Waals surface area contributed by atoms with Gasteiger partial charge in [0, 0.05) is 11.1 Å². The summed E-state index contributed by atoms with van der Waals surface area (Å²) in [4.78, 5) is 12.6. The number of anilines is 1. The van der Waals surface area contributed by atoms with Crippen LogP contribution in [0.15, 0.2) is 48.5 Å². The Morgan fingerprint density at radius 2 is 1.92 bits per heavy atom. The number of nitrogens with one attached hydrogen (secondary N) is 1. The van der Waals surface area contributed by atoms with Crippen molar-refractivity contribution in [1.82, 2.24) is 0 Å². The van der Waals surface area contributed by atoms with Gasteiger partial charge >= 0.3 is 0 Å². The highest BCUT2D eigenvalue weighted by Crippen LogP contribution is 2.29. The van der Waals surface area contributed by atoms with Crippen molar-refractivity contribution in [3.05, 3.63) is 59.1 Å². The first kappa shape index (κ1) is 21.3. The van der Waals surface area contributed by atoms with Gasteiger partial charge in [-0.1, -0.05) is 55.8 Å². The molecule has 2 aromatic carbocycles. The number of halogens is 2. The highest BCUT2D eigenvalue weighted by atomic mass is 35.5. The Balaban J connectivity index is 0.00000312. The molecule has 0 saturated carbocycles. The van der Waals surface area contributed by atoms with Crippen LogP contribution in [0.5, 0.6) is 5.75 Å². The van der Waals surface area contributed by atoms with E-state index in [1.165, 1.54) is 0 Å². The Morgan fingerprint density at radius 1 is 1.24 bits per heavy atom. The molecule has 3 N–H and O–H groups in total. The lowest BCUT2D eigenvalue weighted by Gasteiger charge is -2.21. The van der Waals surface area contributed by atoms with E-state index in [2.05, 4.69) is 5.32 Å². The molecule has 0 aliphatic carbocycles. The fourth-order valence-corrected chi connectivity index (χ4v) is 2.48. The maximum atomic E-state index is 12.6. The molecule has 0 aliphatic heterocycles. The third-order valence-corrected chi connectivity index (χ3v) is 4.03. The van der Waals surface area contributed by atoms with Gasteiger partial charge in [-0.05, 0) is 30.2 Å². The Labute approximate surface area is 160 Å². The molecule has 2 unspecified atom stereocenters. The molecule has 0 bridgehead atoms. The van der Waals surface area contributed by atoms with E-state index in [1.807, 2.05) is 44.2 Å². The highest BCUT2D eigenvalue weighted by molar-refractivity contribution is 6.31. The van der Waals surface area contributed by atoms with E-state index >= 15 is 0 Å². The zero-order valence-corrected chi connectivity index (χ0v) is 15.9. The van der Waals surface area contributed by atoms with Crippen LogP contribution in [0.3, 0.4) is 0 Å². The van der Waals surface area contributed by atoms with E-state index in [-0.39, 0.29) is 24.4 Å². The lowest BCUT2D eigenvalue weighted by Crippen LogP contribution is -2.30. The minimum atomic E-state index is -0.398. The van der Waals surface area contributed by atoms with Gasteiger partial charge in [0.05, 0.1) is 18.2 Å². The first-order valence-electron chi connectivity index (χ1n) is 8.06. The van der Waals surface area contributed by atoms with Crippen molar-refractivity contribution in [2.24, 2.45) is 11.7 Å². The zero-order valence-electron chi connectivity index (χ0n) is 14.4. The number of benzene rings is 2. The minimum absolute atomic E-state index is 0. The van der Waals surface area contributed by atoms with Crippen LogP contribution in [-0.4, -0.2) is 12.5 Å². The summed E-state index contributed by atoms with van der Waals surface area (Å²) in [6.45, 7) is 4.41. The third-order valence-electron chi connectivity index (χ3n) is 3.80. The van der Waals surface area contributed by atoms with Gasteiger partial charge in [0.1, 0.15) is 5.75 Å². The number of rotatable bonds is 7. The van der Waals surface area contributed by atoms with Crippen LogP contribution in [0.2, 0.25) is 5.02 Å². The topological polar surface area (TPSA) is 64.3 Å². The van der Waals surface area contributed by atoms with Crippen molar-refractivity contribution in [1.29, 1.82) is 0 Å². The molecule has 0 aromatic heterocycles. The van der Waals surface area contributed by atoms with Gasteiger partial charge in [0.2, 0.25) is 5.91 Å². The third kappa shape index (κ3) is 5.92. The molecule has 0 radical (unpaired) electrons. The molecule has 6 heteroatoms. The zero-order chi connectivity index (χ0) is 17.5. The average Bonchev–Trinajstić information content (AvgIpc) is 2.60. The summed E-state index contributed by atoms with van der Waals surface area (Å²) in [6.07, 6.45) is 0.880. The van der Waals surface area contributed by atoms with Crippen molar-refractivity contribution in [3.63, 3.8) is 0 Å². The maximum absolute atomic E-state index is 12.6. The van der Waals surface area contributed by atoms with Gasteiger partial charge in [0.25, 0.3) is 0 Å². The summed E-state index contributed by atoms with van der Waals surface area (Å²) >= 11 is 6.04. The highest BCUT2D eigenvalue weighted by Gasteiger charge is 2.23. The van der Waals surface area contributed by atoms with Gasteiger partial charge in [-0.15, -0.1) is 12.4 Å². The predicted molar refractivity (Wildman–Crippen MR) is 106 cm³/mol. The second-order valence-corrected chi connectivity index (χ2v) is 6.14. The fourth-order valence-electron chi connectivity index (χ4n) is 2.31. The maximum Gasteiger partial charge on any atom is 0.229 e. The molecule has 2 rings (SSSR count). The van der Waals surface area contributed by atoms with Crippen molar-refractivity contribution in [3.8, 4) is 5.75 Å². The average molecular weight is 383 g/mol. The Kier molecular flexibility index (Phi) is 8.76.